The van der Waals surface area contributed by atoms with Crippen LogP contribution in [0.15, 0.2) is 60.7 Å². The Labute approximate surface area is 147 Å². The van der Waals surface area contributed by atoms with E-state index in [4.69, 9.17) is 0 Å². The molecule has 24 heavy (non-hydrogen) atoms. The minimum absolute atomic E-state index is 0.522. The zero-order chi connectivity index (χ0) is 16.6. The van der Waals surface area contributed by atoms with Crippen molar-refractivity contribution < 1.29 is 0 Å². The highest BCUT2D eigenvalue weighted by molar-refractivity contribution is 5.20. The van der Waals surface area contributed by atoms with Gasteiger partial charge in [-0.25, -0.2) is 0 Å². The van der Waals surface area contributed by atoms with Gasteiger partial charge in [0.15, 0.2) is 0 Å². The van der Waals surface area contributed by atoms with Crippen LogP contribution in [0.25, 0.3) is 0 Å². The Morgan fingerprint density at radius 2 is 1.50 bits per heavy atom. The first kappa shape index (κ1) is 17.2. The molecule has 1 atom stereocenters. The van der Waals surface area contributed by atoms with E-state index in [1.54, 1.807) is 0 Å². The Morgan fingerprint density at radius 1 is 0.875 bits per heavy atom. The minimum Gasteiger partial charge on any atom is -0.295 e. The molecule has 2 aromatic carbocycles. The first-order valence-corrected chi connectivity index (χ1v) is 9.62. The fourth-order valence-electron chi connectivity index (χ4n) is 4.17. The van der Waals surface area contributed by atoms with E-state index in [0.717, 1.165) is 12.5 Å². The van der Waals surface area contributed by atoms with E-state index in [1.807, 2.05) is 0 Å². The molecule has 0 N–H and O–H groups in total. The second-order valence-electron chi connectivity index (χ2n) is 7.41. The summed E-state index contributed by atoms with van der Waals surface area (Å²) in [7, 11) is 2.28. The van der Waals surface area contributed by atoms with E-state index in [1.165, 1.54) is 56.1 Å². The summed E-state index contributed by atoms with van der Waals surface area (Å²) >= 11 is 0. The van der Waals surface area contributed by atoms with Crippen LogP contribution >= 0.6 is 0 Å². The molecule has 3 rings (SSSR count). The lowest BCUT2D eigenvalue weighted by Gasteiger charge is -2.31. The van der Waals surface area contributed by atoms with Gasteiger partial charge >= 0.3 is 0 Å². The zero-order valence-corrected chi connectivity index (χ0v) is 15.0. The van der Waals surface area contributed by atoms with Gasteiger partial charge in [0.2, 0.25) is 0 Å². The van der Waals surface area contributed by atoms with Crippen molar-refractivity contribution >= 4 is 0 Å². The number of hydrogen-bond donors (Lipinski definition) is 0. The van der Waals surface area contributed by atoms with Crippen molar-refractivity contribution in [2.24, 2.45) is 5.92 Å². The number of hydrogen-bond acceptors (Lipinski definition) is 1. The molecule has 0 spiro atoms. The molecule has 1 nitrogen and oxygen atoms in total. The lowest BCUT2D eigenvalue weighted by molar-refractivity contribution is 0.203. The topological polar surface area (TPSA) is 3.24 Å². The van der Waals surface area contributed by atoms with Crippen molar-refractivity contribution in [2.45, 2.75) is 57.5 Å². The van der Waals surface area contributed by atoms with Gasteiger partial charge in [0, 0.05) is 12.6 Å². The van der Waals surface area contributed by atoms with Crippen LogP contribution in [0.5, 0.6) is 0 Å². The maximum absolute atomic E-state index is 2.54. The van der Waals surface area contributed by atoms with Gasteiger partial charge in [0.25, 0.3) is 0 Å². The molecular weight excluding hydrogens is 290 g/mol. The first-order valence-electron chi connectivity index (χ1n) is 9.62. The highest BCUT2D eigenvalue weighted by Gasteiger charge is 2.20. The van der Waals surface area contributed by atoms with Crippen LogP contribution in [0.3, 0.4) is 0 Å². The lowest BCUT2D eigenvalue weighted by atomic mass is 9.84. The van der Waals surface area contributed by atoms with Gasteiger partial charge < -0.3 is 0 Å². The molecule has 2 aromatic rings. The summed E-state index contributed by atoms with van der Waals surface area (Å²) in [4.78, 5) is 2.54. The molecule has 1 unspecified atom stereocenters. The lowest BCUT2D eigenvalue weighted by Crippen LogP contribution is -2.25. The van der Waals surface area contributed by atoms with Gasteiger partial charge in [-0.15, -0.1) is 0 Å². The van der Waals surface area contributed by atoms with Crippen LogP contribution in [0, 0.1) is 5.92 Å². The monoisotopic (exact) mass is 321 g/mol. The quantitative estimate of drug-likeness (QED) is 0.585. The second-order valence-corrected chi connectivity index (χ2v) is 7.41. The molecule has 0 saturated heterocycles. The summed E-state index contributed by atoms with van der Waals surface area (Å²) in [5.41, 5.74) is 2.87. The second kappa shape index (κ2) is 9.03. The SMILES string of the molecule is CN(Cc1ccccc1)C(CCC1CCCCC1)c1ccccc1. The summed E-state index contributed by atoms with van der Waals surface area (Å²) in [5.74, 6) is 0.954. The third-order valence-corrected chi connectivity index (χ3v) is 5.56. The third kappa shape index (κ3) is 4.95. The molecule has 0 amide bonds. The van der Waals surface area contributed by atoms with Crippen LogP contribution in [-0.4, -0.2) is 11.9 Å². The summed E-state index contributed by atoms with van der Waals surface area (Å²) in [6.07, 6.45) is 9.89. The number of rotatable bonds is 7. The van der Waals surface area contributed by atoms with Gasteiger partial charge in [-0.05, 0) is 36.9 Å². The van der Waals surface area contributed by atoms with E-state index in [9.17, 15) is 0 Å². The smallest absolute Gasteiger partial charge is 0.0348 e. The zero-order valence-electron chi connectivity index (χ0n) is 15.0. The predicted octanol–water partition coefficient (Wildman–Crippen LogP) is 6.22. The van der Waals surface area contributed by atoms with Gasteiger partial charge in [-0.1, -0.05) is 92.8 Å². The van der Waals surface area contributed by atoms with E-state index in [-0.39, 0.29) is 0 Å². The van der Waals surface area contributed by atoms with Gasteiger partial charge in [0.05, 0.1) is 0 Å². The van der Waals surface area contributed by atoms with Crippen molar-refractivity contribution in [2.75, 3.05) is 7.05 Å². The van der Waals surface area contributed by atoms with Crippen molar-refractivity contribution in [3.8, 4) is 0 Å². The third-order valence-electron chi connectivity index (χ3n) is 5.56. The molecular formula is C23H31N. The molecule has 1 fully saturated rings. The van der Waals surface area contributed by atoms with Crippen LogP contribution < -0.4 is 0 Å². The average molecular weight is 322 g/mol. The Kier molecular flexibility index (Phi) is 6.48. The van der Waals surface area contributed by atoms with E-state index < -0.39 is 0 Å². The fraction of sp³-hybridized carbons (Fsp3) is 0.478. The van der Waals surface area contributed by atoms with Crippen molar-refractivity contribution in [1.29, 1.82) is 0 Å². The molecule has 0 aliphatic heterocycles. The van der Waals surface area contributed by atoms with Crippen molar-refractivity contribution in [1.82, 2.24) is 4.90 Å². The number of benzene rings is 2. The van der Waals surface area contributed by atoms with Crippen LogP contribution in [0.1, 0.15) is 62.1 Å². The molecule has 1 heteroatoms. The average Bonchev–Trinajstić information content (AvgIpc) is 2.64. The molecule has 1 saturated carbocycles. The van der Waals surface area contributed by atoms with E-state index >= 15 is 0 Å². The Balaban J connectivity index is 1.67. The minimum atomic E-state index is 0.522. The van der Waals surface area contributed by atoms with Crippen LogP contribution in [0.2, 0.25) is 0 Å². The van der Waals surface area contributed by atoms with E-state index in [2.05, 4.69) is 72.6 Å². The van der Waals surface area contributed by atoms with Crippen LogP contribution in [-0.2, 0) is 6.54 Å². The van der Waals surface area contributed by atoms with Gasteiger partial charge in [-0.3, -0.25) is 4.90 Å². The summed E-state index contributed by atoms with van der Waals surface area (Å²) in [5, 5.41) is 0. The Bertz CT molecular complexity index is 571. The normalized spacial score (nSPS) is 17.1. The van der Waals surface area contributed by atoms with Crippen molar-refractivity contribution in [3.63, 3.8) is 0 Å². The number of nitrogens with zero attached hydrogens (tertiary/aromatic N) is 1. The highest BCUT2D eigenvalue weighted by Crippen LogP contribution is 2.33. The summed E-state index contributed by atoms with van der Waals surface area (Å²) in [6.45, 7) is 1.02. The Hall–Kier alpha value is -1.60. The molecule has 0 aromatic heterocycles. The van der Waals surface area contributed by atoms with E-state index in [0.29, 0.717) is 6.04 Å². The predicted molar refractivity (Wildman–Crippen MR) is 103 cm³/mol. The summed E-state index contributed by atoms with van der Waals surface area (Å²) < 4.78 is 0. The van der Waals surface area contributed by atoms with Gasteiger partial charge in [-0.2, -0.15) is 0 Å². The van der Waals surface area contributed by atoms with Gasteiger partial charge in [0.1, 0.15) is 0 Å². The standard InChI is InChI=1S/C23H31N/c1-24(19-21-13-7-3-8-14-21)23(22-15-9-4-10-16-22)18-17-20-11-5-2-6-12-20/h3-4,7-10,13-16,20,23H,2,5-6,11-12,17-19H2,1H3. The maximum atomic E-state index is 2.54. The Morgan fingerprint density at radius 3 is 2.17 bits per heavy atom. The molecule has 128 valence electrons. The van der Waals surface area contributed by atoms with Crippen LogP contribution in [0.4, 0.5) is 0 Å². The first-order chi connectivity index (χ1) is 11.8. The molecule has 0 bridgehead atoms. The molecule has 1 aliphatic rings. The molecule has 0 radical (unpaired) electrons. The molecule has 0 heterocycles. The van der Waals surface area contributed by atoms with Crippen molar-refractivity contribution in [3.05, 3.63) is 71.8 Å². The maximum Gasteiger partial charge on any atom is 0.0348 e. The highest BCUT2D eigenvalue weighted by atomic mass is 15.1. The largest absolute Gasteiger partial charge is 0.295 e. The summed E-state index contributed by atoms with van der Waals surface area (Å²) in [6, 6.07) is 22.5. The fourth-order valence-corrected chi connectivity index (χ4v) is 4.17. The molecule has 1 aliphatic carbocycles.